The van der Waals surface area contributed by atoms with Crippen molar-refractivity contribution >= 4 is 43.6 Å². The van der Waals surface area contributed by atoms with Crippen LogP contribution in [0.4, 0.5) is 0 Å². The molecule has 6 aromatic carbocycles. The Kier molecular flexibility index (Phi) is 8.20. The standard InChI is InChI=1S/C45H33N2O4/c1-48-34-18-22-42-38(26-34)39-27-35(49-2)19-23-43(39)46(42)32-14-10-30(11-15-32)8-6-5-7-9-31-12-16-33(17-13-31)47-44-24-20-36(50-3)28-40(44)41-29-37(51-4)21-25-45(41)47/h5,10-29H,1-4H3. The van der Waals surface area contributed by atoms with Gasteiger partial charge in [-0.3, -0.25) is 0 Å². The first-order valence-electron chi connectivity index (χ1n) is 16.5. The lowest BCUT2D eigenvalue weighted by Gasteiger charge is -2.08. The van der Waals surface area contributed by atoms with Gasteiger partial charge >= 0.3 is 0 Å². The predicted molar refractivity (Wildman–Crippen MR) is 206 cm³/mol. The van der Waals surface area contributed by atoms with Gasteiger partial charge in [0.05, 0.1) is 50.5 Å². The summed E-state index contributed by atoms with van der Waals surface area (Å²) in [6.07, 6.45) is 1.70. The van der Waals surface area contributed by atoms with Gasteiger partial charge in [-0.25, -0.2) is 0 Å². The number of hydrogen-bond acceptors (Lipinski definition) is 4. The van der Waals surface area contributed by atoms with Crippen molar-refractivity contribution in [1.82, 2.24) is 9.13 Å². The van der Waals surface area contributed by atoms with Crippen LogP contribution in [-0.2, 0) is 0 Å². The van der Waals surface area contributed by atoms with Gasteiger partial charge in [0.1, 0.15) is 29.4 Å². The summed E-state index contributed by atoms with van der Waals surface area (Å²) in [5, 5.41) is 4.40. The summed E-state index contributed by atoms with van der Waals surface area (Å²) in [7, 11) is 6.74. The second-order valence-electron chi connectivity index (χ2n) is 12.0. The Hall–Kier alpha value is -6.76. The average molecular weight is 666 g/mol. The zero-order valence-electron chi connectivity index (χ0n) is 28.7. The Morgan fingerprint density at radius 2 is 0.686 bits per heavy atom. The van der Waals surface area contributed by atoms with Gasteiger partial charge in [0.2, 0.25) is 0 Å². The lowest BCUT2D eigenvalue weighted by atomic mass is 10.1. The molecule has 0 unspecified atom stereocenters. The summed E-state index contributed by atoms with van der Waals surface area (Å²) in [4.78, 5) is 0. The average Bonchev–Trinajstić information content (AvgIpc) is 3.69. The van der Waals surface area contributed by atoms with Gasteiger partial charge in [-0.05, 0) is 121 Å². The summed E-state index contributed by atoms with van der Waals surface area (Å²) in [5.41, 5.74) is 8.26. The maximum absolute atomic E-state index is 5.52. The largest absolute Gasteiger partial charge is 0.497 e. The van der Waals surface area contributed by atoms with Gasteiger partial charge in [0.15, 0.2) is 0 Å². The SMILES string of the molecule is COc1ccc2c(c1)c1cc(OC)ccc1n2-c1ccc(C#C[CH]C#Cc2ccc(-n3c4ccc(OC)cc4c4cc(OC)ccc43)cc2)cc1. The monoisotopic (exact) mass is 665 g/mol. The second-order valence-corrected chi connectivity index (χ2v) is 12.0. The van der Waals surface area contributed by atoms with Gasteiger partial charge in [0, 0.05) is 44.0 Å². The minimum atomic E-state index is 0.814. The topological polar surface area (TPSA) is 46.8 Å². The fourth-order valence-corrected chi connectivity index (χ4v) is 6.69. The number of nitrogens with zero attached hydrogens (tertiary/aromatic N) is 2. The number of ether oxygens (including phenoxy) is 4. The molecule has 0 N–H and O–H groups in total. The van der Waals surface area contributed by atoms with Gasteiger partial charge in [0.25, 0.3) is 0 Å². The predicted octanol–water partition coefficient (Wildman–Crippen LogP) is 9.52. The van der Waals surface area contributed by atoms with Crippen molar-refractivity contribution < 1.29 is 18.9 Å². The molecule has 0 spiro atoms. The first-order chi connectivity index (χ1) is 25.1. The van der Waals surface area contributed by atoms with Crippen LogP contribution in [0.25, 0.3) is 55.0 Å². The zero-order chi connectivity index (χ0) is 34.9. The molecule has 0 atom stereocenters. The fourth-order valence-electron chi connectivity index (χ4n) is 6.69. The van der Waals surface area contributed by atoms with Crippen LogP contribution < -0.4 is 18.9 Å². The molecule has 2 aromatic heterocycles. The Labute approximate surface area is 296 Å². The van der Waals surface area contributed by atoms with E-state index in [-0.39, 0.29) is 0 Å². The molecular formula is C45H33N2O4. The first-order valence-corrected chi connectivity index (χ1v) is 16.5. The minimum Gasteiger partial charge on any atom is -0.497 e. The van der Waals surface area contributed by atoms with Gasteiger partial charge < -0.3 is 28.1 Å². The normalized spacial score (nSPS) is 10.9. The van der Waals surface area contributed by atoms with Gasteiger partial charge in [-0.1, -0.05) is 23.7 Å². The molecule has 0 aliphatic carbocycles. The molecule has 2 heterocycles. The van der Waals surface area contributed by atoms with Crippen LogP contribution in [0.2, 0.25) is 0 Å². The van der Waals surface area contributed by atoms with Crippen LogP contribution in [0.5, 0.6) is 23.0 Å². The molecule has 1 radical (unpaired) electrons. The third-order valence-electron chi connectivity index (χ3n) is 9.19. The molecule has 6 nitrogen and oxygen atoms in total. The Balaban J connectivity index is 1.01. The van der Waals surface area contributed by atoms with Crippen LogP contribution in [0.1, 0.15) is 11.1 Å². The summed E-state index contributed by atoms with van der Waals surface area (Å²) < 4.78 is 26.6. The van der Waals surface area contributed by atoms with E-state index in [9.17, 15) is 0 Å². The molecule has 0 aliphatic heterocycles. The first kappa shape index (κ1) is 31.5. The van der Waals surface area contributed by atoms with E-state index in [1.807, 2.05) is 48.5 Å². The molecule has 0 fully saturated rings. The van der Waals surface area contributed by atoms with Crippen LogP contribution in [-0.4, -0.2) is 37.6 Å². The molecule has 247 valence electrons. The van der Waals surface area contributed by atoms with Crippen molar-refractivity contribution in [2.75, 3.05) is 28.4 Å². The van der Waals surface area contributed by atoms with E-state index in [0.717, 1.165) is 89.1 Å². The number of fused-ring (bicyclic) bond motifs is 6. The van der Waals surface area contributed by atoms with E-state index in [1.54, 1.807) is 34.9 Å². The van der Waals surface area contributed by atoms with Crippen LogP contribution in [0, 0.1) is 30.1 Å². The molecule has 0 amide bonds. The summed E-state index contributed by atoms with van der Waals surface area (Å²) in [6, 6.07) is 41.1. The molecule has 8 rings (SSSR count). The quantitative estimate of drug-likeness (QED) is 0.166. The fraction of sp³-hybridized carbons (Fsp3) is 0.0889. The third-order valence-corrected chi connectivity index (χ3v) is 9.19. The highest BCUT2D eigenvalue weighted by Crippen LogP contribution is 2.37. The molecule has 51 heavy (non-hydrogen) atoms. The Morgan fingerprint density at radius 3 is 0.961 bits per heavy atom. The Morgan fingerprint density at radius 1 is 0.392 bits per heavy atom. The number of benzene rings is 6. The van der Waals surface area contributed by atoms with E-state index >= 15 is 0 Å². The van der Waals surface area contributed by atoms with Crippen LogP contribution >= 0.6 is 0 Å². The maximum Gasteiger partial charge on any atom is 0.119 e. The van der Waals surface area contributed by atoms with Gasteiger partial charge in [-0.2, -0.15) is 0 Å². The van der Waals surface area contributed by atoms with Gasteiger partial charge in [-0.15, -0.1) is 0 Å². The zero-order valence-corrected chi connectivity index (χ0v) is 28.7. The van der Waals surface area contributed by atoms with Crippen LogP contribution in [0.15, 0.2) is 121 Å². The highest BCUT2D eigenvalue weighted by Gasteiger charge is 2.15. The third kappa shape index (κ3) is 5.73. The lowest BCUT2D eigenvalue weighted by Crippen LogP contribution is -1.94. The highest BCUT2D eigenvalue weighted by atomic mass is 16.5. The highest BCUT2D eigenvalue weighted by molar-refractivity contribution is 6.11. The van der Waals surface area contributed by atoms with Crippen LogP contribution in [0.3, 0.4) is 0 Å². The second kappa shape index (κ2) is 13.3. The number of rotatable bonds is 6. The van der Waals surface area contributed by atoms with E-state index in [2.05, 4.69) is 106 Å². The molecule has 8 aromatic rings. The van der Waals surface area contributed by atoms with Crippen molar-refractivity contribution in [1.29, 1.82) is 0 Å². The Bertz CT molecular complexity index is 2400. The van der Waals surface area contributed by atoms with Crippen molar-refractivity contribution in [2.45, 2.75) is 0 Å². The van der Waals surface area contributed by atoms with Crippen molar-refractivity contribution in [3.63, 3.8) is 0 Å². The smallest absolute Gasteiger partial charge is 0.119 e. The van der Waals surface area contributed by atoms with E-state index in [1.165, 1.54) is 0 Å². The number of methoxy groups -OCH3 is 4. The van der Waals surface area contributed by atoms with E-state index in [0.29, 0.717) is 0 Å². The van der Waals surface area contributed by atoms with E-state index < -0.39 is 0 Å². The molecule has 0 aliphatic rings. The molecular weight excluding hydrogens is 633 g/mol. The van der Waals surface area contributed by atoms with Crippen molar-refractivity contribution in [3.8, 4) is 58.1 Å². The minimum absolute atomic E-state index is 0.814. The summed E-state index contributed by atoms with van der Waals surface area (Å²) in [6.45, 7) is 0. The van der Waals surface area contributed by atoms with Crippen molar-refractivity contribution in [2.24, 2.45) is 0 Å². The number of aromatic nitrogens is 2. The molecule has 0 saturated carbocycles. The van der Waals surface area contributed by atoms with Crippen molar-refractivity contribution in [3.05, 3.63) is 139 Å². The molecule has 0 saturated heterocycles. The lowest BCUT2D eigenvalue weighted by molar-refractivity contribution is 0.415. The summed E-state index contributed by atoms with van der Waals surface area (Å²) >= 11 is 0. The van der Waals surface area contributed by atoms with E-state index in [4.69, 9.17) is 18.9 Å². The maximum atomic E-state index is 5.52. The number of hydrogen-bond donors (Lipinski definition) is 0. The molecule has 0 bridgehead atoms. The summed E-state index contributed by atoms with van der Waals surface area (Å²) in [5.74, 6) is 15.9. The molecule has 6 heteroatoms.